The monoisotopic (exact) mass is 437 g/mol. The normalized spacial score (nSPS) is 12.2. The van der Waals surface area contributed by atoms with Crippen molar-refractivity contribution in [1.29, 1.82) is 0 Å². The topological polar surface area (TPSA) is 63.9 Å². The first-order valence-corrected chi connectivity index (χ1v) is 11.6. The number of para-hydroxylation sites is 1. The average molecular weight is 438 g/mol. The Balaban J connectivity index is 1.44. The van der Waals surface area contributed by atoms with Gasteiger partial charge < -0.3 is 9.47 Å². The SMILES string of the molecule is CCn1c(SCC(=O)N(C)[C@@H](C)c2nc3ccccc3s2)nnc1-c1ccccc1. The van der Waals surface area contributed by atoms with Gasteiger partial charge in [-0.15, -0.1) is 21.5 Å². The molecule has 0 N–H and O–H groups in total. The van der Waals surface area contributed by atoms with E-state index in [0.29, 0.717) is 5.75 Å². The molecule has 1 amide bonds. The largest absolute Gasteiger partial charge is 0.336 e. The second-order valence-corrected chi connectivity index (χ2v) is 8.91. The van der Waals surface area contributed by atoms with Gasteiger partial charge in [-0.2, -0.15) is 0 Å². The lowest BCUT2D eigenvalue weighted by molar-refractivity contribution is -0.128. The Bertz CT molecular complexity index is 1120. The first-order valence-electron chi connectivity index (χ1n) is 9.81. The minimum Gasteiger partial charge on any atom is -0.336 e. The Labute approximate surface area is 184 Å². The number of aromatic nitrogens is 4. The molecule has 2 aromatic carbocycles. The van der Waals surface area contributed by atoms with Crippen LogP contribution in [0.15, 0.2) is 59.8 Å². The van der Waals surface area contributed by atoms with Gasteiger partial charge in [0.1, 0.15) is 5.01 Å². The molecule has 4 rings (SSSR count). The molecule has 6 nitrogen and oxygen atoms in total. The van der Waals surface area contributed by atoms with Gasteiger partial charge in [0, 0.05) is 19.2 Å². The van der Waals surface area contributed by atoms with E-state index in [1.165, 1.54) is 11.8 Å². The number of amides is 1. The van der Waals surface area contributed by atoms with E-state index in [1.54, 1.807) is 16.2 Å². The van der Waals surface area contributed by atoms with Crippen LogP contribution in [-0.2, 0) is 11.3 Å². The van der Waals surface area contributed by atoms with Crippen LogP contribution in [0, 0.1) is 0 Å². The van der Waals surface area contributed by atoms with Crippen LogP contribution in [0.1, 0.15) is 24.9 Å². The maximum Gasteiger partial charge on any atom is 0.233 e. The molecule has 1 atom stereocenters. The average Bonchev–Trinajstić information content (AvgIpc) is 3.40. The lowest BCUT2D eigenvalue weighted by Gasteiger charge is -2.23. The fourth-order valence-electron chi connectivity index (χ4n) is 3.16. The minimum absolute atomic E-state index is 0.0404. The van der Waals surface area contributed by atoms with Crippen LogP contribution in [0.3, 0.4) is 0 Å². The number of carbonyl (C=O) groups excluding carboxylic acids is 1. The van der Waals surface area contributed by atoms with Crippen LogP contribution < -0.4 is 0 Å². The summed E-state index contributed by atoms with van der Waals surface area (Å²) in [6.07, 6.45) is 0. The molecule has 0 radical (unpaired) electrons. The maximum absolute atomic E-state index is 12.8. The molecule has 0 aliphatic rings. The third-order valence-electron chi connectivity index (χ3n) is 5.03. The lowest BCUT2D eigenvalue weighted by atomic mass is 10.2. The molecule has 2 heterocycles. The summed E-state index contributed by atoms with van der Waals surface area (Å²) in [6, 6.07) is 17.9. The van der Waals surface area contributed by atoms with Crippen LogP contribution >= 0.6 is 23.1 Å². The zero-order chi connectivity index (χ0) is 21.1. The van der Waals surface area contributed by atoms with E-state index in [1.807, 2.05) is 67.1 Å². The summed E-state index contributed by atoms with van der Waals surface area (Å²) in [5.41, 5.74) is 2.00. The van der Waals surface area contributed by atoms with Gasteiger partial charge in [0.25, 0.3) is 0 Å². The second kappa shape index (κ2) is 8.97. The van der Waals surface area contributed by atoms with Gasteiger partial charge in [0.2, 0.25) is 5.91 Å². The fraction of sp³-hybridized carbons (Fsp3) is 0.273. The van der Waals surface area contributed by atoms with Gasteiger partial charge in [-0.25, -0.2) is 4.98 Å². The molecular weight excluding hydrogens is 414 g/mol. The molecule has 2 aromatic heterocycles. The highest BCUT2D eigenvalue weighted by atomic mass is 32.2. The first-order chi connectivity index (χ1) is 14.6. The Morgan fingerprint density at radius 3 is 2.60 bits per heavy atom. The van der Waals surface area contributed by atoms with Crippen molar-refractivity contribution in [3.05, 3.63) is 59.6 Å². The van der Waals surface area contributed by atoms with Gasteiger partial charge in [0.05, 0.1) is 22.0 Å². The second-order valence-electron chi connectivity index (χ2n) is 6.91. The van der Waals surface area contributed by atoms with Crippen molar-refractivity contribution in [1.82, 2.24) is 24.6 Å². The summed E-state index contributed by atoms with van der Waals surface area (Å²) in [5, 5.41) is 10.4. The van der Waals surface area contributed by atoms with Gasteiger partial charge in [-0.1, -0.05) is 54.2 Å². The van der Waals surface area contributed by atoms with E-state index >= 15 is 0 Å². The van der Waals surface area contributed by atoms with E-state index in [-0.39, 0.29) is 11.9 Å². The molecular formula is C22H23N5OS2. The summed E-state index contributed by atoms with van der Waals surface area (Å²) in [7, 11) is 1.83. The summed E-state index contributed by atoms with van der Waals surface area (Å²) in [4.78, 5) is 19.3. The number of rotatable bonds is 7. The number of thiazole rings is 1. The highest BCUT2D eigenvalue weighted by Gasteiger charge is 2.22. The van der Waals surface area contributed by atoms with Gasteiger partial charge >= 0.3 is 0 Å². The molecule has 0 saturated heterocycles. The molecule has 0 aliphatic carbocycles. The Morgan fingerprint density at radius 2 is 1.87 bits per heavy atom. The van der Waals surface area contributed by atoms with Crippen LogP contribution in [0.5, 0.6) is 0 Å². The predicted octanol–water partition coefficient (Wildman–Crippen LogP) is 4.89. The maximum atomic E-state index is 12.8. The number of carbonyl (C=O) groups is 1. The Kier molecular flexibility index (Phi) is 6.15. The summed E-state index contributed by atoms with van der Waals surface area (Å²) < 4.78 is 3.18. The van der Waals surface area contributed by atoms with Crippen LogP contribution in [-0.4, -0.2) is 43.4 Å². The molecule has 0 fully saturated rings. The molecule has 0 bridgehead atoms. The summed E-state index contributed by atoms with van der Waals surface area (Å²) >= 11 is 3.06. The molecule has 4 aromatic rings. The van der Waals surface area contributed by atoms with E-state index < -0.39 is 0 Å². The van der Waals surface area contributed by atoms with Gasteiger partial charge in [0.15, 0.2) is 11.0 Å². The molecule has 0 spiro atoms. The Hall–Kier alpha value is -2.71. The minimum atomic E-state index is -0.0839. The van der Waals surface area contributed by atoms with Crippen molar-refractivity contribution in [2.75, 3.05) is 12.8 Å². The van der Waals surface area contributed by atoms with Crippen molar-refractivity contribution < 1.29 is 4.79 Å². The van der Waals surface area contributed by atoms with Crippen molar-refractivity contribution in [3.63, 3.8) is 0 Å². The number of hydrogen-bond acceptors (Lipinski definition) is 6. The Morgan fingerprint density at radius 1 is 1.13 bits per heavy atom. The zero-order valence-corrected chi connectivity index (χ0v) is 18.8. The molecule has 154 valence electrons. The van der Waals surface area contributed by atoms with E-state index in [9.17, 15) is 4.79 Å². The quantitative estimate of drug-likeness (QED) is 0.385. The number of thioether (sulfide) groups is 1. The third kappa shape index (κ3) is 4.11. The van der Waals surface area contributed by atoms with Crippen molar-refractivity contribution in [2.45, 2.75) is 31.6 Å². The summed E-state index contributed by atoms with van der Waals surface area (Å²) in [5.74, 6) is 1.17. The first kappa shape index (κ1) is 20.6. The lowest BCUT2D eigenvalue weighted by Crippen LogP contribution is -2.31. The van der Waals surface area contributed by atoms with Crippen LogP contribution in [0.25, 0.3) is 21.6 Å². The zero-order valence-electron chi connectivity index (χ0n) is 17.1. The summed E-state index contributed by atoms with van der Waals surface area (Å²) in [6.45, 7) is 4.82. The number of fused-ring (bicyclic) bond motifs is 1. The number of nitrogens with zero attached hydrogens (tertiary/aromatic N) is 5. The highest BCUT2D eigenvalue weighted by molar-refractivity contribution is 7.99. The van der Waals surface area contributed by atoms with E-state index in [2.05, 4.69) is 23.2 Å². The molecule has 8 heteroatoms. The van der Waals surface area contributed by atoms with Crippen LogP contribution in [0.2, 0.25) is 0 Å². The highest BCUT2D eigenvalue weighted by Crippen LogP contribution is 2.30. The standard InChI is InChI=1S/C22H23N5OS2/c1-4-27-20(16-10-6-5-7-11-16)24-25-22(27)29-14-19(28)26(3)15(2)21-23-17-12-8-9-13-18(17)30-21/h5-13,15H,4,14H2,1-3H3/t15-/m0/s1. The molecule has 0 unspecified atom stereocenters. The molecule has 0 aliphatic heterocycles. The van der Waals surface area contributed by atoms with Crippen molar-refractivity contribution in [3.8, 4) is 11.4 Å². The van der Waals surface area contributed by atoms with Crippen LogP contribution in [0.4, 0.5) is 0 Å². The fourth-order valence-corrected chi connectivity index (χ4v) is 5.15. The van der Waals surface area contributed by atoms with E-state index in [0.717, 1.165) is 38.3 Å². The number of benzene rings is 2. The third-order valence-corrected chi connectivity index (χ3v) is 7.19. The van der Waals surface area contributed by atoms with E-state index in [4.69, 9.17) is 4.98 Å². The van der Waals surface area contributed by atoms with Gasteiger partial charge in [-0.3, -0.25) is 4.79 Å². The molecule has 30 heavy (non-hydrogen) atoms. The number of hydrogen-bond donors (Lipinski definition) is 0. The smallest absolute Gasteiger partial charge is 0.233 e. The predicted molar refractivity (Wildman–Crippen MR) is 123 cm³/mol. The molecule has 0 saturated carbocycles. The van der Waals surface area contributed by atoms with Crippen molar-refractivity contribution in [2.24, 2.45) is 0 Å². The van der Waals surface area contributed by atoms with Crippen molar-refractivity contribution >= 4 is 39.2 Å². The van der Waals surface area contributed by atoms with Gasteiger partial charge in [-0.05, 0) is 26.0 Å².